The van der Waals surface area contributed by atoms with E-state index < -0.39 is 0 Å². The van der Waals surface area contributed by atoms with Crippen LogP contribution in [0.5, 0.6) is 0 Å². The maximum Gasteiger partial charge on any atom is 0.228 e. The summed E-state index contributed by atoms with van der Waals surface area (Å²) in [6.07, 6.45) is 4.66. The van der Waals surface area contributed by atoms with E-state index in [9.17, 15) is 10.1 Å². The molecule has 2 heterocycles. The third-order valence-electron chi connectivity index (χ3n) is 6.90. The van der Waals surface area contributed by atoms with Crippen LogP contribution in [0.3, 0.4) is 0 Å². The van der Waals surface area contributed by atoms with Crippen molar-refractivity contribution in [2.24, 2.45) is 5.92 Å². The molecule has 1 atom stereocenters. The average Bonchev–Trinajstić information content (AvgIpc) is 3.16. The number of para-hydroxylation sites is 1. The Kier molecular flexibility index (Phi) is 6.94. The molecule has 1 unspecified atom stereocenters. The van der Waals surface area contributed by atoms with Gasteiger partial charge in [0.1, 0.15) is 11.1 Å². The number of thiophene rings is 1. The van der Waals surface area contributed by atoms with Crippen LogP contribution in [0.1, 0.15) is 49.1 Å². The maximum atomic E-state index is 12.6. The fourth-order valence-corrected chi connectivity index (χ4v) is 6.22. The third-order valence-corrected chi connectivity index (χ3v) is 8.07. The Morgan fingerprint density at radius 2 is 1.90 bits per heavy atom. The van der Waals surface area contributed by atoms with Gasteiger partial charge in [-0.3, -0.25) is 9.69 Å². The summed E-state index contributed by atoms with van der Waals surface area (Å²) in [5.41, 5.74) is 3.18. The van der Waals surface area contributed by atoms with Crippen LogP contribution in [0.15, 0.2) is 30.3 Å². The highest BCUT2D eigenvalue weighted by molar-refractivity contribution is 7.16. The van der Waals surface area contributed by atoms with E-state index in [4.69, 9.17) is 0 Å². The Balaban J connectivity index is 1.41. The van der Waals surface area contributed by atoms with E-state index >= 15 is 0 Å². The van der Waals surface area contributed by atoms with E-state index in [0.29, 0.717) is 11.6 Å². The van der Waals surface area contributed by atoms with Gasteiger partial charge in [-0.2, -0.15) is 5.26 Å². The zero-order chi connectivity index (χ0) is 21.8. The Bertz CT molecular complexity index is 936. The van der Waals surface area contributed by atoms with Crippen molar-refractivity contribution in [3.05, 3.63) is 46.3 Å². The molecule has 5 nitrogen and oxygen atoms in total. The van der Waals surface area contributed by atoms with Gasteiger partial charge in [0.05, 0.1) is 5.56 Å². The molecule has 0 spiro atoms. The molecule has 164 valence electrons. The van der Waals surface area contributed by atoms with Crippen molar-refractivity contribution in [2.45, 2.75) is 52.0 Å². The average molecular weight is 437 g/mol. The molecule has 0 bridgehead atoms. The van der Waals surface area contributed by atoms with Gasteiger partial charge in [0, 0.05) is 48.7 Å². The summed E-state index contributed by atoms with van der Waals surface area (Å²) < 4.78 is 0. The molecule has 1 aromatic heterocycles. The first-order chi connectivity index (χ1) is 15.1. The lowest BCUT2D eigenvalue weighted by Gasteiger charge is -2.41. The molecule has 0 saturated carbocycles. The number of amides is 1. The summed E-state index contributed by atoms with van der Waals surface area (Å²) in [6.45, 7) is 8.34. The Labute approximate surface area is 189 Å². The lowest BCUT2D eigenvalue weighted by molar-refractivity contribution is -0.120. The highest BCUT2D eigenvalue weighted by atomic mass is 32.1. The fourth-order valence-electron chi connectivity index (χ4n) is 4.94. The molecule has 6 heteroatoms. The number of piperazine rings is 1. The summed E-state index contributed by atoms with van der Waals surface area (Å²) in [5.74, 6) is 0.0630. The van der Waals surface area contributed by atoms with Gasteiger partial charge >= 0.3 is 0 Å². The fraction of sp³-hybridized carbons (Fsp3) is 0.520. The monoisotopic (exact) mass is 436 g/mol. The summed E-state index contributed by atoms with van der Waals surface area (Å²) in [7, 11) is 0. The quantitative estimate of drug-likeness (QED) is 0.715. The normalized spacial score (nSPS) is 19.2. The zero-order valence-electron chi connectivity index (χ0n) is 18.6. The molecule has 31 heavy (non-hydrogen) atoms. The highest BCUT2D eigenvalue weighted by Gasteiger charge is 2.31. The SMILES string of the molecule is CCC(CC)C(=O)Nc1sc2c(c1C#N)CCC(N1CCN(c3ccccc3)CC1)C2. The van der Waals surface area contributed by atoms with Crippen LogP contribution in [-0.4, -0.2) is 43.0 Å². The molecular weight excluding hydrogens is 404 g/mol. The van der Waals surface area contributed by atoms with Gasteiger partial charge < -0.3 is 10.2 Å². The smallest absolute Gasteiger partial charge is 0.228 e. The topological polar surface area (TPSA) is 59.4 Å². The first-order valence-corrected chi connectivity index (χ1v) is 12.4. The number of anilines is 2. The van der Waals surface area contributed by atoms with Gasteiger partial charge in [-0.15, -0.1) is 11.3 Å². The molecule has 0 radical (unpaired) electrons. The van der Waals surface area contributed by atoms with Crippen molar-refractivity contribution >= 4 is 27.9 Å². The zero-order valence-corrected chi connectivity index (χ0v) is 19.4. The summed E-state index contributed by atoms with van der Waals surface area (Å²) >= 11 is 1.63. The van der Waals surface area contributed by atoms with Crippen molar-refractivity contribution in [1.82, 2.24) is 4.90 Å². The molecule has 1 aliphatic carbocycles. The van der Waals surface area contributed by atoms with Crippen molar-refractivity contribution < 1.29 is 4.79 Å². The van der Waals surface area contributed by atoms with E-state index in [0.717, 1.165) is 63.3 Å². The number of rotatable bonds is 6. The molecule has 1 saturated heterocycles. The van der Waals surface area contributed by atoms with Crippen LogP contribution in [0.2, 0.25) is 0 Å². The van der Waals surface area contributed by atoms with E-state index in [2.05, 4.69) is 51.5 Å². The predicted octanol–water partition coefficient (Wildman–Crippen LogP) is 4.67. The second kappa shape index (κ2) is 9.84. The van der Waals surface area contributed by atoms with E-state index in [1.54, 1.807) is 11.3 Å². The van der Waals surface area contributed by atoms with E-state index in [1.807, 2.05) is 13.8 Å². The van der Waals surface area contributed by atoms with Gasteiger partial charge in [0.2, 0.25) is 5.91 Å². The number of hydrogen-bond donors (Lipinski definition) is 1. The minimum atomic E-state index is 0.0133. The maximum absolute atomic E-state index is 12.6. The molecule has 1 aliphatic heterocycles. The van der Waals surface area contributed by atoms with Crippen LogP contribution in [0.4, 0.5) is 10.7 Å². The minimum absolute atomic E-state index is 0.0133. The Morgan fingerprint density at radius 1 is 1.19 bits per heavy atom. The Hall–Kier alpha value is -2.36. The molecule has 1 amide bonds. The number of fused-ring (bicyclic) bond motifs is 1. The molecule has 2 aliphatic rings. The van der Waals surface area contributed by atoms with Crippen LogP contribution >= 0.6 is 11.3 Å². The third kappa shape index (κ3) is 4.63. The van der Waals surface area contributed by atoms with Crippen molar-refractivity contribution in [1.29, 1.82) is 5.26 Å². The number of nitrogens with zero attached hydrogens (tertiary/aromatic N) is 3. The molecule has 1 aromatic carbocycles. The summed E-state index contributed by atoms with van der Waals surface area (Å²) in [4.78, 5) is 19.0. The first-order valence-electron chi connectivity index (χ1n) is 11.5. The number of nitriles is 1. The molecular formula is C25H32N4OS. The molecule has 1 fully saturated rings. The molecule has 1 N–H and O–H groups in total. The number of carbonyl (C=O) groups is 1. The largest absolute Gasteiger partial charge is 0.369 e. The van der Waals surface area contributed by atoms with Crippen molar-refractivity contribution in [2.75, 3.05) is 36.4 Å². The van der Waals surface area contributed by atoms with Gasteiger partial charge in [-0.1, -0.05) is 32.0 Å². The van der Waals surface area contributed by atoms with Gasteiger partial charge in [0.25, 0.3) is 0 Å². The summed E-state index contributed by atoms with van der Waals surface area (Å²) in [6, 6.07) is 13.6. The predicted molar refractivity (Wildman–Crippen MR) is 128 cm³/mol. The second-order valence-corrected chi connectivity index (χ2v) is 9.68. The van der Waals surface area contributed by atoms with Gasteiger partial charge in [-0.05, 0) is 49.8 Å². The molecule has 4 rings (SSSR count). The lowest BCUT2D eigenvalue weighted by atomic mass is 9.90. The number of benzene rings is 1. The number of nitrogens with one attached hydrogen (secondary N) is 1. The van der Waals surface area contributed by atoms with Gasteiger partial charge in [-0.25, -0.2) is 0 Å². The minimum Gasteiger partial charge on any atom is -0.369 e. The van der Waals surface area contributed by atoms with E-state index in [-0.39, 0.29) is 11.8 Å². The number of carbonyl (C=O) groups excluding carboxylic acids is 1. The Morgan fingerprint density at radius 3 is 2.55 bits per heavy atom. The number of hydrogen-bond acceptors (Lipinski definition) is 5. The van der Waals surface area contributed by atoms with Crippen molar-refractivity contribution in [3.8, 4) is 6.07 Å². The van der Waals surface area contributed by atoms with Gasteiger partial charge in [0.15, 0.2) is 0 Å². The summed E-state index contributed by atoms with van der Waals surface area (Å²) in [5, 5.41) is 13.6. The van der Waals surface area contributed by atoms with Crippen molar-refractivity contribution in [3.63, 3.8) is 0 Å². The second-order valence-electron chi connectivity index (χ2n) is 8.58. The highest BCUT2D eigenvalue weighted by Crippen LogP contribution is 2.39. The standard InChI is InChI=1S/C25H32N4OS/c1-3-18(4-2)24(30)27-25-22(17-26)21-11-10-20(16-23(21)31-25)29-14-12-28(13-15-29)19-8-6-5-7-9-19/h5-9,18,20H,3-4,10-16H2,1-2H3,(H,27,30). The molecule has 2 aromatic rings. The van der Waals surface area contributed by atoms with Crippen LogP contribution in [0, 0.1) is 17.2 Å². The van der Waals surface area contributed by atoms with Crippen LogP contribution < -0.4 is 10.2 Å². The van der Waals surface area contributed by atoms with E-state index in [1.165, 1.54) is 16.1 Å². The van der Waals surface area contributed by atoms with Crippen LogP contribution in [-0.2, 0) is 17.6 Å². The first kappa shape index (κ1) is 21.9. The lowest BCUT2D eigenvalue weighted by Crippen LogP contribution is -2.51. The van der Waals surface area contributed by atoms with Crippen LogP contribution in [0.25, 0.3) is 0 Å².